The molecule has 0 bridgehead atoms. The molecule has 0 aliphatic carbocycles. The smallest absolute Gasteiger partial charge is 0.228 e. The molecule has 1 fully saturated rings. The second-order valence-electron chi connectivity index (χ2n) is 6.02. The maximum absolute atomic E-state index is 12.6. The van der Waals surface area contributed by atoms with Crippen molar-refractivity contribution in [2.24, 2.45) is 0 Å². The van der Waals surface area contributed by atoms with Crippen LogP contribution < -0.4 is 19.7 Å². The first kappa shape index (κ1) is 18.1. The van der Waals surface area contributed by atoms with Crippen molar-refractivity contribution in [3.05, 3.63) is 48.0 Å². The van der Waals surface area contributed by atoms with E-state index in [9.17, 15) is 4.79 Å². The van der Waals surface area contributed by atoms with Crippen LogP contribution in [0.15, 0.2) is 42.5 Å². The van der Waals surface area contributed by atoms with Crippen molar-refractivity contribution in [3.63, 3.8) is 0 Å². The van der Waals surface area contributed by atoms with E-state index in [2.05, 4.69) is 10.2 Å². The van der Waals surface area contributed by atoms with Crippen LogP contribution in [0.1, 0.15) is 5.56 Å². The molecule has 138 valence electrons. The normalized spacial score (nSPS) is 14.0. The zero-order chi connectivity index (χ0) is 18.4. The number of rotatable bonds is 6. The third kappa shape index (κ3) is 4.26. The van der Waals surface area contributed by atoms with Gasteiger partial charge in [0, 0.05) is 24.7 Å². The Kier molecular flexibility index (Phi) is 5.96. The fraction of sp³-hybridized carbons (Fsp3) is 0.350. The van der Waals surface area contributed by atoms with E-state index in [4.69, 9.17) is 14.2 Å². The summed E-state index contributed by atoms with van der Waals surface area (Å²) < 4.78 is 16.0. The van der Waals surface area contributed by atoms with Gasteiger partial charge in [-0.25, -0.2) is 0 Å². The molecule has 1 aliphatic heterocycles. The third-order valence-corrected chi connectivity index (χ3v) is 4.38. The van der Waals surface area contributed by atoms with Gasteiger partial charge in [-0.3, -0.25) is 4.79 Å². The number of morpholine rings is 1. The third-order valence-electron chi connectivity index (χ3n) is 4.38. The van der Waals surface area contributed by atoms with Crippen LogP contribution in [0.4, 0.5) is 11.4 Å². The summed E-state index contributed by atoms with van der Waals surface area (Å²) in [4.78, 5) is 14.8. The summed E-state index contributed by atoms with van der Waals surface area (Å²) in [5, 5.41) is 3.03. The monoisotopic (exact) mass is 356 g/mol. The number of amides is 1. The van der Waals surface area contributed by atoms with Crippen molar-refractivity contribution >= 4 is 17.3 Å². The maximum Gasteiger partial charge on any atom is 0.228 e. The minimum Gasteiger partial charge on any atom is -0.497 e. The van der Waals surface area contributed by atoms with Crippen LogP contribution in [0.5, 0.6) is 11.5 Å². The molecule has 0 spiro atoms. The van der Waals surface area contributed by atoms with Crippen LogP contribution in [-0.4, -0.2) is 46.4 Å². The Labute approximate surface area is 153 Å². The number of para-hydroxylation sites is 2. The Bertz CT molecular complexity index is 757. The van der Waals surface area contributed by atoms with Crippen LogP contribution in [-0.2, 0) is 16.0 Å². The summed E-state index contributed by atoms with van der Waals surface area (Å²) in [5.41, 5.74) is 2.65. The lowest BCUT2D eigenvalue weighted by molar-refractivity contribution is -0.115. The number of hydrogen-bond acceptors (Lipinski definition) is 5. The number of nitrogens with zero attached hydrogens (tertiary/aromatic N) is 1. The molecule has 0 atom stereocenters. The lowest BCUT2D eigenvalue weighted by atomic mass is 10.1. The second kappa shape index (κ2) is 8.58. The summed E-state index contributed by atoms with van der Waals surface area (Å²) in [7, 11) is 3.19. The van der Waals surface area contributed by atoms with E-state index < -0.39 is 0 Å². The molecule has 6 nitrogen and oxygen atoms in total. The highest BCUT2D eigenvalue weighted by Crippen LogP contribution is 2.28. The number of carbonyl (C=O) groups excluding carboxylic acids is 1. The molecule has 3 rings (SSSR count). The van der Waals surface area contributed by atoms with E-state index in [1.807, 2.05) is 36.4 Å². The molecule has 2 aromatic rings. The maximum atomic E-state index is 12.6. The summed E-state index contributed by atoms with van der Waals surface area (Å²) in [6, 6.07) is 13.3. The average molecular weight is 356 g/mol. The number of carbonyl (C=O) groups is 1. The van der Waals surface area contributed by atoms with Gasteiger partial charge in [-0.05, 0) is 18.2 Å². The van der Waals surface area contributed by atoms with Crippen LogP contribution in [0.25, 0.3) is 0 Å². The molecule has 1 amide bonds. The first-order chi connectivity index (χ1) is 12.7. The number of methoxy groups -OCH3 is 2. The molecular formula is C20H24N2O4. The van der Waals surface area contributed by atoms with E-state index in [1.54, 1.807) is 20.3 Å². The minimum atomic E-state index is -0.0887. The van der Waals surface area contributed by atoms with Gasteiger partial charge >= 0.3 is 0 Å². The zero-order valence-corrected chi connectivity index (χ0v) is 15.2. The first-order valence-electron chi connectivity index (χ1n) is 8.63. The Hall–Kier alpha value is -2.73. The van der Waals surface area contributed by atoms with E-state index in [0.717, 1.165) is 30.0 Å². The predicted octanol–water partition coefficient (Wildman–Crippen LogP) is 2.72. The van der Waals surface area contributed by atoms with Gasteiger partial charge in [-0.2, -0.15) is 0 Å². The van der Waals surface area contributed by atoms with Gasteiger partial charge in [0.25, 0.3) is 0 Å². The first-order valence-corrected chi connectivity index (χ1v) is 8.63. The van der Waals surface area contributed by atoms with Gasteiger partial charge in [0.05, 0.1) is 45.2 Å². The number of anilines is 2. The molecule has 0 radical (unpaired) electrons. The van der Waals surface area contributed by atoms with Crippen molar-refractivity contribution in [1.29, 1.82) is 0 Å². The van der Waals surface area contributed by atoms with Crippen LogP contribution in [0, 0.1) is 0 Å². The Balaban J connectivity index is 1.73. The second-order valence-corrected chi connectivity index (χ2v) is 6.02. The summed E-state index contributed by atoms with van der Waals surface area (Å²) in [6.07, 6.45) is 0.227. The van der Waals surface area contributed by atoms with Gasteiger partial charge in [-0.15, -0.1) is 0 Å². The lowest BCUT2D eigenvalue weighted by Gasteiger charge is -2.30. The van der Waals surface area contributed by atoms with E-state index in [0.29, 0.717) is 24.7 Å². The summed E-state index contributed by atoms with van der Waals surface area (Å²) in [5.74, 6) is 1.25. The lowest BCUT2D eigenvalue weighted by Crippen LogP contribution is -2.36. The number of benzene rings is 2. The molecule has 2 aromatic carbocycles. The quantitative estimate of drug-likeness (QED) is 0.862. The van der Waals surface area contributed by atoms with Gasteiger partial charge in [0.15, 0.2) is 0 Å². The average Bonchev–Trinajstić information content (AvgIpc) is 2.69. The van der Waals surface area contributed by atoms with Gasteiger partial charge in [-0.1, -0.05) is 18.2 Å². The fourth-order valence-corrected chi connectivity index (χ4v) is 3.02. The van der Waals surface area contributed by atoms with Crippen molar-refractivity contribution in [2.75, 3.05) is 50.7 Å². The molecular weight excluding hydrogens is 332 g/mol. The fourth-order valence-electron chi connectivity index (χ4n) is 3.02. The number of nitrogens with one attached hydrogen (secondary N) is 1. The molecule has 26 heavy (non-hydrogen) atoms. The van der Waals surface area contributed by atoms with Crippen LogP contribution in [0.2, 0.25) is 0 Å². The van der Waals surface area contributed by atoms with Crippen LogP contribution in [0.3, 0.4) is 0 Å². The Morgan fingerprint density at radius 1 is 1.12 bits per heavy atom. The van der Waals surface area contributed by atoms with Crippen molar-refractivity contribution in [1.82, 2.24) is 0 Å². The molecule has 0 aromatic heterocycles. The van der Waals surface area contributed by atoms with Crippen molar-refractivity contribution in [3.8, 4) is 11.5 Å². The molecule has 0 saturated carbocycles. The zero-order valence-electron chi connectivity index (χ0n) is 15.2. The number of ether oxygens (including phenoxy) is 3. The molecule has 1 aliphatic rings. The van der Waals surface area contributed by atoms with E-state index >= 15 is 0 Å². The van der Waals surface area contributed by atoms with Gasteiger partial charge in [0.1, 0.15) is 11.5 Å². The van der Waals surface area contributed by atoms with Crippen molar-refractivity contribution < 1.29 is 19.0 Å². The van der Waals surface area contributed by atoms with Gasteiger partial charge < -0.3 is 24.4 Å². The van der Waals surface area contributed by atoms with E-state index in [1.165, 1.54) is 0 Å². The van der Waals surface area contributed by atoms with E-state index in [-0.39, 0.29) is 12.3 Å². The SMILES string of the molecule is COc1ccc(CC(=O)Nc2ccccc2N2CCOCC2)c(OC)c1. The topological polar surface area (TPSA) is 60.0 Å². The highest BCUT2D eigenvalue weighted by molar-refractivity contribution is 5.95. The Morgan fingerprint density at radius 2 is 1.88 bits per heavy atom. The predicted molar refractivity (Wildman–Crippen MR) is 101 cm³/mol. The molecule has 1 N–H and O–H groups in total. The minimum absolute atomic E-state index is 0.0887. The standard InChI is InChI=1S/C20H24N2O4/c1-24-16-8-7-15(19(14-16)25-2)13-20(23)21-17-5-3-4-6-18(17)22-9-11-26-12-10-22/h3-8,14H,9-13H2,1-2H3,(H,21,23). The van der Waals surface area contributed by atoms with Crippen molar-refractivity contribution in [2.45, 2.75) is 6.42 Å². The molecule has 0 unspecified atom stereocenters. The summed E-state index contributed by atoms with van der Waals surface area (Å²) >= 11 is 0. The largest absolute Gasteiger partial charge is 0.497 e. The highest BCUT2D eigenvalue weighted by atomic mass is 16.5. The molecule has 1 saturated heterocycles. The molecule has 6 heteroatoms. The molecule has 1 heterocycles. The Morgan fingerprint density at radius 3 is 2.62 bits per heavy atom. The van der Waals surface area contributed by atoms with Crippen LogP contribution >= 0.6 is 0 Å². The number of hydrogen-bond donors (Lipinski definition) is 1. The van der Waals surface area contributed by atoms with Gasteiger partial charge in [0.2, 0.25) is 5.91 Å². The summed E-state index contributed by atoms with van der Waals surface area (Å²) in [6.45, 7) is 3.04. The highest BCUT2D eigenvalue weighted by Gasteiger charge is 2.16.